The van der Waals surface area contributed by atoms with Crippen molar-refractivity contribution in [3.8, 4) is 0 Å². The smallest absolute Gasteiger partial charge is 0.370 e. The number of alkyl halides is 3. The van der Waals surface area contributed by atoms with Crippen LogP contribution in [0.5, 0.6) is 0 Å². The van der Waals surface area contributed by atoms with Crippen LogP contribution in [0.15, 0.2) is 29.4 Å². The van der Waals surface area contributed by atoms with Gasteiger partial charge in [-0.2, -0.15) is 13.2 Å². The second kappa shape index (κ2) is 6.83. The second-order valence-electron chi connectivity index (χ2n) is 3.63. The van der Waals surface area contributed by atoms with Crippen LogP contribution in [0.4, 0.5) is 13.2 Å². The lowest BCUT2D eigenvalue weighted by atomic mass is 10.3. The van der Waals surface area contributed by atoms with Crippen molar-refractivity contribution in [3.05, 3.63) is 30.1 Å². The summed E-state index contributed by atoms with van der Waals surface area (Å²) in [6.45, 7) is 0.129. The molecule has 0 spiro atoms. The zero-order chi connectivity index (χ0) is 13.4. The van der Waals surface area contributed by atoms with E-state index in [9.17, 15) is 13.2 Å². The van der Waals surface area contributed by atoms with E-state index in [1.54, 1.807) is 6.20 Å². The topological polar surface area (TPSA) is 63.3 Å². The summed E-state index contributed by atoms with van der Waals surface area (Å²) in [5.41, 5.74) is 6.30. The van der Waals surface area contributed by atoms with Crippen LogP contribution in [-0.4, -0.2) is 30.2 Å². The van der Waals surface area contributed by atoms with Gasteiger partial charge < -0.3 is 11.1 Å². The number of pyridine rings is 1. The third-order valence-corrected chi connectivity index (χ3v) is 2.09. The Morgan fingerprint density at radius 3 is 2.78 bits per heavy atom. The van der Waals surface area contributed by atoms with E-state index in [0.717, 1.165) is 5.69 Å². The monoisotopic (exact) mass is 260 g/mol. The fraction of sp³-hybridized carbons (Fsp3) is 0.455. The van der Waals surface area contributed by atoms with Crippen molar-refractivity contribution in [2.45, 2.75) is 19.0 Å². The third-order valence-electron chi connectivity index (χ3n) is 2.09. The van der Waals surface area contributed by atoms with E-state index < -0.39 is 12.6 Å². The SMILES string of the molecule is NC(=NCCC(F)(F)F)NCCc1ccccn1. The lowest BCUT2D eigenvalue weighted by Gasteiger charge is -2.06. The van der Waals surface area contributed by atoms with Crippen molar-refractivity contribution >= 4 is 5.96 Å². The van der Waals surface area contributed by atoms with E-state index in [4.69, 9.17) is 5.73 Å². The molecule has 0 radical (unpaired) electrons. The summed E-state index contributed by atoms with van der Waals surface area (Å²) >= 11 is 0. The van der Waals surface area contributed by atoms with Crippen LogP contribution in [0, 0.1) is 0 Å². The number of rotatable bonds is 5. The van der Waals surface area contributed by atoms with Crippen LogP contribution in [-0.2, 0) is 6.42 Å². The maximum atomic E-state index is 11.8. The maximum absolute atomic E-state index is 11.8. The molecule has 18 heavy (non-hydrogen) atoms. The number of nitrogens with zero attached hydrogens (tertiary/aromatic N) is 2. The molecular formula is C11H15F3N4. The van der Waals surface area contributed by atoms with Gasteiger partial charge in [0.25, 0.3) is 0 Å². The molecule has 4 nitrogen and oxygen atoms in total. The van der Waals surface area contributed by atoms with Gasteiger partial charge >= 0.3 is 6.18 Å². The van der Waals surface area contributed by atoms with Gasteiger partial charge in [0.1, 0.15) is 0 Å². The largest absolute Gasteiger partial charge is 0.390 e. The minimum Gasteiger partial charge on any atom is -0.370 e. The summed E-state index contributed by atoms with van der Waals surface area (Å²) in [6, 6.07) is 5.53. The van der Waals surface area contributed by atoms with E-state index in [1.807, 2.05) is 18.2 Å². The van der Waals surface area contributed by atoms with Gasteiger partial charge in [-0.25, -0.2) is 0 Å². The summed E-state index contributed by atoms with van der Waals surface area (Å²) in [5, 5.41) is 2.74. The Morgan fingerprint density at radius 1 is 1.39 bits per heavy atom. The molecule has 0 aromatic carbocycles. The number of hydrogen-bond donors (Lipinski definition) is 2. The first-order valence-corrected chi connectivity index (χ1v) is 5.48. The molecule has 0 bridgehead atoms. The highest BCUT2D eigenvalue weighted by Crippen LogP contribution is 2.18. The molecule has 0 atom stereocenters. The molecule has 7 heteroatoms. The molecule has 1 heterocycles. The van der Waals surface area contributed by atoms with Gasteiger partial charge in [-0.05, 0) is 12.1 Å². The van der Waals surface area contributed by atoms with Crippen molar-refractivity contribution in [2.75, 3.05) is 13.1 Å². The zero-order valence-electron chi connectivity index (χ0n) is 9.74. The normalized spacial score (nSPS) is 12.5. The predicted octanol–water partition coefficient (Wildman–Crippen LogP) is 1.48. The van der Waals surface area contributed by atoms with Gasteiger partial charge in [0.05, 0.1) is 13.0 Å². The van der Waals surface area contributed by atoms with Gasteiger partial charge in [-0.3, -0.25) is 9.98 Å². The molecule has 100 valence electrons. The van der Waals surface area contributed by atoms with E-state index >= 15 is 0 Å². The maximum Gasteiger partial charge on any atom is 0.390 e. The average molecular weight is 260 g/mol. The minimum atomic E-state index is -4.20. The molecule has 0 saturated heterocycles. The molecule has 0 unspecified atom stereocenters. The third kappa shape index (κ3) is 6.72. The van der Waals surface area contributed by atoms with E-state index in [2.05, 4.69) is 15.3 Å². The number of aromatic nitrogens is 1. The van der Waals surface area contributed by atoms with Crippen LogP contribution in [0.3, 0.4) is 0 Å². The number of aliphatic imine (C=N–C) groups is 1. The lowest BCUT2D eigenvalue weighted by Crippen LogP contribution is -2.33. The van der Waals surface area contributed by atoms with Crippen LogP contribution in [0.2, 0.25) is 0 Å². The Morgan fingerprint density at radius 2 is 2.17 bits per heavy atom. The fourth-order valence-corrected chi connectivity index (χ4v) is 1.22. The Bertz CT molecular complexity index is 376. The molecular weight excluding hydrogens is 245 g/mol. The summed E-state index contributed by atoms with van der Waals surface area (Å²) < 4.78 is 35.5. The Hall–Kier alpha value is -1.79. The molecule has 1 aromatic rings. The van der Waals surface area contributed by atoms with Crippen molar-refractivity contribution in [1.29, 1.82) is 0 Å². The number of nitrogens with one attached hydrogen (secondary N) is 1. The van der Waals surface area contributed by atoms with Crippen molar-refractivity contribution in [1.82, 2.24) is 10.3 Å². The first-order chi connectivity index (χ1) is 8.47. The number of halogens is 3. The zero-order valence-corrected chi connectivity index (χ0v) is 9.74. The first kappa shape index (κ1) is 14.3. The van der Waals surface area contributed by atoms with Gasteiger partial charge in [-0.15, -0.1) is 0 Å². The van der Waals surface area contributed by atoms with Crippen molar-refractivity contribution < 1.29 is 13.2 Å². The van der Waals surface area contributed by atoms with Crippen LogP contribution in [0.25, 0.3) is 0 Å². The summed E-state index contributed by atoms with van der Waals surface area (Å²) in [7, 11) is 0. The van der Waals surface area contributed by atoms with Gasteiger partial charge in [0.15, 0.2) is 5.96 Å². The van der Waals surface area contributed by atoms with Gasteiger partial charge in [0, 0.05) is 24.9 Å². The quantitative estimate of drug-likeness (QED) is 0.622. The Balaban J connectivity index is 2.21. The number of nitrogens with two attached hydrogens (primary N) is 1. The minimum absolute atomic E-state index is 0.0233. The standard InChI is InChI=1S/C11H15F3N4/c12-11(13,14)5-8-18-10(15)17-7-4-9-3-1-2-6-16-9/h1-3,6H,4-5,7-8H2,(H3,15,17,18). The molecule has 1 rings (SSSR count). The van der Waals surface area contributed by atoms with E-state index in [-0.39, 0.29) is 12.5 Å². The van der Waals surface area contributed by atoms with Crippen molar-refractivity contribution in [3.63, 3.8) is 0 Å². The summed E-state index contributed by atoms with van der Waals surface area (Å²) in [6.07, 6.45) is -2.85. The Labute approximate surface area is 103 Å². The van der Waals surface area contributed by atoms with Crippen molar-refractivity contribution in [2.24, 2.45) is 10.7 Å². The summed E-state index contributed by atoms with van der Waals surface area (Å²) in [5.74, 6) is 0.0233. The van der Waals surface area contributed by atoms with E-state index in [1.165, 1.54) is 0 Å². The number of hydrogen-bond acceptors (Lipinski definition) is 2. The highest BCUT2D eigenvalue weighted by molar-refractivity contribution is 5.77. The van der Waals surface area contributed by atoms with E-state index in [0.29, 0.717) is 13.0 Å². The Kier molecular flexibility index (Phi) is 5.41. The molecule has 0 saturated carbocycles. The van der Waals surface area contributed by atoms with Crippen LogP contribution < -0.4 is 11.1 Å². The molecule has 3 N–H and O–H groups in total. The van der Waals surface area contributed by atoms with Crippen LogP contribution in [0.1, 0.15) is 12.1 Å². The van der Waals surface area contributed by atoms with Crippen LogP contribution >= 0.6 is 0 Å². The second-order valence-corrected chi connectivity index (χ2v) is 3.63. The highest BCUT2D eigenvalue weighted by Gasteiger charge is 2.25. The number of guanidine groups is 1. The molecule has 0 aliphatic rings. The fourth-order valence-electron chi connectivity index (χ4n) is 1.22. The molecule has 0 aliphatic carbocycles. The molecule has 0 amide bonds. The lowest BCUT2D eigenvalue weighted by molar-refractivity contribution is -0.132. The predicted molar refractivity (Wildman–Crippen MR) is 63.1 cm³/mol. The van der Waals surface area contributed by atoms with Gasteiger partial charge in [-0.1, -0.05) is 6.07 Å². The molecule has 0 aliphatic heterocycles. The van der Waals surface area contributed by atoms with Gasteiger partial charge in [0.2, 0.25) is 0 Å². The average Bonchev–Trinajstić information content (AvgIpc) is 2.28. The summed E-state index contributed by atoms with van der Waals surface area (Å²) in [4.78, 5) is 7.68. The molecule has 1 aromatic heterocycles. The first-order valence-electron chi connectivity index (χ1n) is 5.48. The molecule has 0 fully saturated rings. The highest BCUT2D eigenvalue weighted by atomic mass is 19.4.